The second kappa shape index (κ2) is 6.67. The zero-order chi connectivity index (χ0) is 13.9. The summed E-state index contributed by atoms with van der Waals surface area (Å²) in [6, 6.07) is 1.18. The van der Waals surface area contributed by atoms with Crippen LogP contribution >= 0.6 is 23.1 Å². The molecule has 0 bridgehead atoms. The molecule has 1 aliphatic heterocycles. The van der Waals surface area contributed by atoms with Gasteiger partial charge in [-0.15, -0.1) is 11.3 Å². The summed E-state index contributed by atoms with van der Waals surface area (Å²) >= 11 is 4.01. The van der Waals surface area contributed by atoms with Crippen LogP contribution in [-0.2, 0) is 6.42 Å². The molecule has 0 spiro atoms. The molecule has 0 aromatic carbocycles. The Bertz CT molecular complexity index is 440. The highest BCUT2D eigenvalue weighted by molar-refractivity contribution is 7.99. The zero-order valence-electron chi connectivity index (χ0n) is 12.5. The number of thiazole rings is 1. The van der Waals surface area contributed by atoms with Crippen molar-refractivity contribution >= 4 is 28.2 Å². The molecular weight excluding hydrogens is 286 g/mol. The van der Waals surface area contributed by atoms with Crippen LogP contribution in [0, 0.1) is 0 Å². The van der Waals surface area contributed by atoms with Crippen molar-refractivity contribution in [1.82, 2.24) is 10.3 Å². The molecule has 2 unspecified atom stereocenters. The van der Waals surface area contributed by atoms with Gasteiger partial charge in [0.05, 0.1) is 11.7 Å². The van der Waals surface area contributed by atoms with E-state index in [2.05, 4.69) is 35.9 Å². The van der Waals surface area contributed by atoms with Crippen LogP contribution in [0.3, 0.4) is 0 Å². The van der Waals surface area contributed by atoms with Crippen LogP contribution in [0.4, 0.5) is 5.13 Å². The fraction of sp³-hybridized carbons (Fsp3) is 0.800. The van der Waals surface area contributed by atoms with E-state index in [1.807, 2.05) is 11.3 Å². The number of nitrogens with zero attached hydrogens (tertiary/aromatic N) is 2. The van der Waals surface area contributed by atoms with Crippen molar-refractivity contribution in [3.8, 4) is 0 Å². The van der Waals surface area contributed by atoms with Crippen molar-refractivity contribution in [1.29, 1.82) is 0 Å². The Morgan fingerprint density at radius 1 is 1.40 bits per heavy atom. The van der Waals surface area contributed by atoms with Gasteiger partial charge in [-0.25, -0.2) is 4.98 Å². The summed E-state index contributed by atoms with van der Waals surface area (Å²) in [5.74, 6) is 2.57. The molecule has 2 heterocycles. The fourth-order valence-corrected chi connectivity index (χ4v) is 5.52. The third-order valence-corrected chi connectivity index (χ3v) is 6.71. The van der Waals surface area contributed by atoms with Crippen LogP contribution in [0.1, 0.15) is 49.2 Å². The average molecular weight is 312 g/mol. The maximum Gasteiger partial charge on any atom is 0.185 e. The molecule has 5 heteroatoms. The summed E-state index contributed by atoms with van der Waals surface area (Å²) in [6.45, 7) is 3.33. The van der Waals surface area contributed by atoms with E-state index in [1.54, 1.807) is 0 Å². The minimum Gasteiger partial charge on any atom is -0.347 e. The number of thioether (sulfide) groups is 1. The summed E-state index contributed by atoms with van der Waals surface area (Å²) in [6.07, 6.45) is 6.29. The molecule has 1 aromatic rings. The molecule has 1 N–H and O–H groups in total. The Kier molecular flexibility index (Phi) is 4.89. The van der Waals surface area contributed by atoms with Gasteiger partial charge in [0.1, 0.15) is 0 Å². The standard InChI is InChI=1S/C15H25N3S2/c1-3-8-16-12-5-4-6-13-14(12)17-15(20-13)18(2)11-7-9-19-10-11/h11-12,16H,3-10H2,1-2H3. The van der Waals surface area contributed by atoms with Crippen molar-refractivity contribution in [3.05, 3.63) is 10.6 Å². The molecule has 2 aliphatic rings. The Morgan fingerprint density at radius 2 is 2.30 bits per heavy atom. The molecule has 1 saturated heterocycles. The number of aryl methyl sites for hydroxylation is 1. The number of nitrogens with one attached hydrogen (secondary N) is 1. The Morgan fingerprint density at radius 3 is 3.05 bits per heavy atom. The number of rotatable bonds is 5. The lowest BCUT2D eigenvalue weighted by Crippen LogP contribution is -2.31. The summed E-state index contributed by atoms with van der Waals surface area (Å²) in [5, 5.41) is 4.91. The van der Waals surface area contributed by atoms with E-state index in [0.29, 0.717) is 12.1 Å². The van der Waals surface area contributed by atoms with Gasteiger partial charge in [-0.1, -0.05) is 6.92 Å². The molecule has 0 radical (unpaired) electrons. The van der Waals surface area contributed by atoms with Gasteiger partial charge in [0.25, 0.3) is 0 Å². The summed E-state index contributed by atoms with van der Waals surface area (Å²) < 4.78 is 0. The maximum absolute atomic E-state index is 5.00. The third kappa shape index (κ3) is 3.00. The van der Waals surface area contributed by atoms with Crippen LogP contribution in [-0.4, -0.2) is 36.1 Å². The number of anilines is 1. The molecule has 2 atom stereocenters. The van der Waals surface area contributed by atoms with Gasteiger partial charge < -0.3 is 10.2 Å². The van der Waals surface area contributed by atoms with Gasteiger partial charge in [-0.05, 0) is 44.4 Å². The quantitative estimate of drug-likeness (QED) is 0.901. The van der Waals surface area contributed by atoms with E-state index >= 15 is 0 Å². The summed E-state index contributed by atoms with van der Waals surface area (Å²) in [5.41, 5.74) is 1.35. The molecule has 1 aliphatic carbocycles. The third-order valence-electron chi connectivity index (χ3n) is 4.34. The largest absolute Gasteiger partial charge is 0.347 e. The van der Waals surface area contributed by atoms with E-state index in [1.165, 1.54) is 59.3 Å². The van der Waals surface area contributed by atoms with Crippen molar-refractivity contribution in [3.63, 3.8) is 0 Å². The lowest BCUT2D eigenvalue weighted by Gasteiger charge is -2.23. The SMILES string of the molecule is CCCNC1CCCc2sc(N(C)C3CCSC3)nc21. The first-order chi connectivity index (χ1) is 9.79. The van der Waals surface area contributed by atoms with Crippen molar-refractivity contribution in [2.24, 2.45) is 0 Å². The van der Waals surface area contributed by atoms with Gasteiger partial charge in [0, 0.05) is 23.7 Å². The number of fused-ring (bicyclic) bond motifs is 1. The maximum atomic E-state index is 5.00. The van der Waals surface area contributed by atoms with Gasteiger partial charge in [-0.3, -0.25) is 0 Å². The first kappa shape index (κ1) is 14.7. The molecule has 0 saturated carbocycles. The topological polar surface area (TPSA) is 28.2 Å². The Hall–Kier alpha value is -0.260. The summed E-state index contributed by atoms with van der Waals surface area (Å²) in [4.78, 5) is 8.96. The van der Waals surface area contributed by atoms with Gasteiger partial charge in [0.15, 0.2) is 5.13 Å². The van der Waals surface area contributed by atoms with E-state index < -0.39 is 0 Å². The van der Waals surface area contributed by atoms with E-state index in [4.69, 9.17) is 4.98 Å². The van der Waals surface area contributed by atoms with Crippen molar-refractivity contribution < 1.29 is 0 Å². The van der Waals surface area contributed by atoms with Crippen LogP contribution < -0.4 is 10.2 Å². The highest BCUT2D eigenvalue weighted by atomic mass is 32.2. The van der Waals surface area contributed by atoms with Crippen LogP contribution in [0.15, 0.2) is 0 Å². The minimum atomic E-state index is 0.495. The Labute approximate surface area is 130 Å². The molecule has 3 rings (SSSR count). The predicted octanol–water partition coefficient (Wildman–Crippen LogP) is 3.46. The van der Waals surface area contributed by atoms with Crippen molar-refractivity contribution in [2.45, 2.75) is 51.1 Å². The number of hydrogen-bond acceptors (Lipinski definition) is 5. The monoisotopic (exact) mass is 311 g/mol. The van der Waals surface area contributed by atoms with E-state index in [9.17, 15) is 0 Å². The van der Waals surface area contributed by atoms with Gasteiger partial charge >= 0.3 is 0 Å². The molecular formula is C15H25N3S2. The normalized spacial score (nSPS) is 25.7. The Balaban J connectivity index is 1.76. The molecule has 3 nitrogen and oxygen atoms in total. The van der Waals surface area contributed by atoms with E-state index in [-0.39, 0.29) is 0 Å². The van der Waals surface area contributed by atoms with Crippen LogP contribution in [0.25, 0.3) is 0 Å². The molecule has 1 aromatic heterocycles. The molecule has 0 amide bonds. The second-order valence-corrected chi connectivity index (χ2v) is 8.04. The lowest BCUT2D eigenvalue weighted by molar-refractivity contribution is 0.454. The average Bonchev–Trinajstić information content (AvgIpc) is 3.12. The first-order valence-electron chi connectivity index (χ1n) is 7.83. The zero-order valence-corrected chi connectivity index (χ0v) is 14.2. The molecule has 112 valence electrons. The van der Waals surface area contributed by atoms with Gasteiger partial charge in [0.2, 0.25) is 0 Å². The van der Waals surface area contributed by atoms with Crippen LogP contribution in [0.5, 0.6) is 0 Å². The minimum absolute atomic E-state index is 0.495. The molecule has 20 heavy (non-hydrogen) atoms. The number of hydrogen-bond donors (Lipinski definition) is 1. The highest BCUT2D eigenvalue weighted by Crippen LogP contribution is 2.38. The fourth-order valence-electron chi connectivity index (χ4n) is 3.06. The number of aromatic nitrogens is 1. The predicted molar refractivity (Wildman–Crippen MR) is 90.2 cm³/mol. The highest BCUT2D eigenvalue weighted by Gasteiger charge is 2.28. The first-order valence-corrected chi connectivity index (χ1v) is 9.80. The smallest absolute Gasteiger partial charge is 0.185 e. The lowest BCUT2D eigenvalue weighted by atomic mass is 9.97. The van der Waals surface area contributed by atoms with Crippen molar-refractivity contribution in [2.75, 3.05) is 30.0 Å². The second-order valence-electron chi connectivity index (χ2n) is 5.83. The molecule has 1 fully saturated rings. The van der Waals surface area contributed by atoms with Gasteiger partial charge in [-0.2, -0.15) is 11.8 Å². The summed E-state index contributed by atoms with van der Waals surface area (Å²) in [7, 11) is 2.23. The van der Waals surface area contributed by atoms with E-state index in [0.717, 1.165) is 6.54 Å². The van der Waals surface area contributed by atoms with Crippen LogP contribution in [0.2, 0.25) is 0 Å².